The number of hydrogen-bond acceptors (Lipinski definition) is 5. The highest BCUT2D eigenvalue weighted by Gasteiger charge is 2.29. The van der Waals surface area contributed by atoms with Gasteiger partial charge in [0.05, 0.1) is 5.02 Å². The molecule has 1 saturated carbocycles. The summed E-state index contributed by atoms with van der Waals surface area (Å²) in [5, 5.41) is 10.3. The van der Waals surface area contributed by atoms with Gasteiger partial charge in [-0.3, -0.25) is 10.1 Å². The maximum atomic E-state index is 13.1. The Balaban J connectivity index is 1.39. The number of halogens is 1. The van der Waals surface area contributed by atoms with Gasteiger partial charge in [0.25, 0.3) is 5.91 Å². The minimum Gasteiger partial charge on any atom is -0.446 e. The lowest BCUT2D eigenvalue weighted by Gasteiger charge is -2.29. The molecule has 2 N–H and O–H groups in total. The Morgan fingerprint density at radius 2 is 1.84 bits per heavy atom. The Morgan fingerprint density at radius 1 is 1.09 bits per heavy atom. The Hall–Kier alpha value is -3.32. The van der Waals surface area contributed by atoms with Crippen LogP contribution in [0.3, 0.4) is 0 Å². The van der Waals surface area contributed by atoms with Crippen LogP contribution in [0.25, 0.3) is 11.3 Å². The Kier molecular flexibility index (Phi) is 6.75. The zero-order chi connectivity index (χ0) is 22.5. The molecule has 2 atom stereocenters. The van der Waals surface area contributed by atoms with Crippen molar-refractivity contribution in [2.75, 3.05) is 5.32 Å². The van der Waals surface area contributed by atoms with Crippen LogP contribution in [0.15, 0.2) is 59.1 Å². The standard InChI is InChI=1S/C24H24ClN3O4/c1-15-21(22(28-32-15)19-12-5-6-13-20(19)25)23(29)26-17-10-7-11-18(14-17)31-24(30)27-16-8-3-2-4-9-16/h2-6,8-9,12-13,17-18H,7,10-11,14H2,1H3,(H,26,29)(H,27,30)/t17-,18-/m1/s1. The monoisotopic (exact) mass is 453 g/mol. The molecule has 2 aromatic carbocycles. The number of aryl methyl sites for hydroxylation is 1. The van der Waals surface area contributed by atoms with Gasteiger partial charge in [0.15, 0.2) is 0 Å². The molecule has 0 bridgehead atoms. The molecule has 32 heavy (non-hydrogen) atoms. The number of anilines is 1. The second kappa shape index (κ2) is 9.87. The number of aromatic nitrogens is 1. The molecule has 0 unspecified atom stereocenters. The van der Waals surface area contributed by atoms with Gasteiger partial charge in [0, 0.05) is 23.7 Å². The second-order valence-corrected chi connectivity index (χ2v) is 8.20. The van der Waals surface area contributed by atoms with Gasteiger partial charge in [-0.15, -0.1) is 0 Å². The van der Waals surface area contributed by atoms with E-state index in [1.165, 1.54) is 0 Å². The van der Waals surface area contributed by atoms with E-state index < -0.39 is 6.09 Å². The summed E-state index contributed by atoms with van der Waals surface area (Å²) in [7, 11) is 0. The van der Waals surface area contributed by atoms with Crippen LogP contribution in [-0.2, 0) is 4.74 Å². The van der Waals surface area contributed by atoms with Crippen molar-refractivity contribution < 1.29 is 18.8 Å². The lowest BCUT2D eigenvalue weighted by atomic mass is 9.92. The molecule has 1 fully saturated rings. The minimum absolute atomic E-state index is 0.126. The maximum absolute atomic E-state index is 13.1. The minimum atomic E-state index is -0.496. The molecular formula is C24H24ClN3O4. The first kappa shape index (κ1) is 21.9. The van der Waals surface area contributed by atoms with E-state index in [4.69, 9.17) is 20.9 Å². The SMILES string of the molecule is Cc1onc(-c2ccccc2Cl)c1C(=O)N[C@@H]1CCC[C@@H](OC(=O)Nc2ccccc2)C1. The van der Waals surface area contributed by atoms with Crippen molar-refractivity contribution in [1.29, 1.82) is 0 Å². The number of rotatable bonds is 5. The Morgan fingerprint density at radius 3 is 2.62 bits per heavy atom. The van der Waals surface area contributed by atoms with Gasteiger partial charge in [0.1, 0.15) is 23.1 Å². The van der Waals surface area contributed by atoms with E-state index in [2.05, 4.69) is 15.8 Å². The van der Waals surface area contributed by atoms with E-state index >= 15 is 0 Å². The van der Waals surface area contributed by atoms with Gasteiger partial charge >= 0.3 is 6.09 Å². The van der Waals surface area contributed by atoms with E-state index in [1.807, 2.05) is 30.3 Å². The van der Waals surface area contributed by atoms with Crippen LogP contribution in [0.4, 0.5) is 10.5 Å². The van der Waals surface area contributed by atoms with E-state index in [0.29, 0.717) is 39.7 Å². The maximum Gasteiger partial charge on any atom is 0.411 e. The number of hydrogen-bond donors (Lipinski definition) is 2. The first-order valence-corrected chi connectivity index (χ1v) is 10.9. The smallest absolute Gasteiger partial charge is 0.411 e. The van der Waals surface area contributed by atoms with Gasteiger partial charge in [-0.1, -0.05) is 53.2 Å². The molecule has 166 valence electrons. The molecule has 8 heteroatoms. The largest absolute Gasteiger partial charge is 0.446 e. The summed E-state index contributed by atoms with van der Waals surface area (Å²) >= 11 is 6.29. The molecule has 1 aliphatic carbocycles. The number of nitrogens with zero attached hydrogens (tertiary/aromatic N) is 1. The van der Waals surface area contributed by atoms with Gasteiger partial charge < -0.3 is 14.6 Å². The summed E-state index contributed by atoms with van der Waals surface area (Å²) in [6.45, 7) is 1.70. The van der Waals surface area contributed by atoms with Crippen molar-refractivity contribution in [3.63, 3.8) is 0 Å². The fourth-order valence-corrected chi connectivity index (χ4v) is 4.16. The topological polar surface area (TPSA) is 93.5 Å². The Bertz CT molecular complexity index is 1100. The lowest BCUT2D eigenvalue weighted by Crippen LogP contribution is -2.41. The third-order valence-corrected chi connectivity index (χ3v) is 5.80. The van der Waals surface area contributed by atoms with Crippen LogP contribution in [0, 0.1) is 6.92 Å². The molecule has 1 aromatic heterocycles. The van der Waals surface area contributed by atoms with Crippen molar-refractivity contribution in [2.24, 2.45) is 0 Å². The lowest BCUT2D eigenvalue weighted by molar-refractivity contribution is 0.0712. The predicted octanol–water partition coefficient (Wildman–Crippen LogP) is 5.59. The fourth-order valence-electron chi connectivity index (χ4n) is 3.94. The molecule has 0 spiro atoms. The van der Waals surface area contributed by atoms with Crippen LogP contribution >= 0.6 is 11.6 Å². The number of carbonyl (C=O) groups excluding carboxylic acids is 2. The molecule has 1 aliphatic rings. The third-order valence-electron chi connectivity index (χ3n) is 5.47. The van der Waals surface area contributed by atoms with Crippen LogP contribution in [0.1, 0.15) is 41.8 Å². The summed E-state index contributed by atoms with van der Waals surface area (Å²) in [5.74, 6) is 0.140. The summed E-state index contributed by atoms with van der Waals surface area (Å²) in [6.07, 6.45) is 2.17. The molecule has 1 heterocycles. The normalized spacial score (nSPS) is 18.1. The molecule has 0 radical (unpaired) electrons. The first-order chi connectivity index (χ1) is 15.5. The van der Waals surface area contributed by atoms with E-state index in [1.54, 1.807) is 31.2 Å². The van der Waals surface area contributed by atoms with Crippen LogP contribution in [0.5, 0.6) is 0 Å². The number of amides is 2. The third kappa shape index (κ3) is 5.11. The number of ether oxygens (including phenoxy) is 1. The first-order valence-electron chi connectivity index (χ1n) is 10.6. The number of carbonyl (C=O) groups is 2. The summed E-state index contributed by atoms with van der Waals surface area (Å²) in [5.41, 5.74) is 2.09. The molecule has 0 saturated heterocycles. The zero-order valence-electron chi connectivity index (χ0n) is 17.6. The highest BCUT2D eigenvalue weighted by molar-refractivity contribution is 6.33. The summed E-state index contributed by atoms with van der Waals surface area (Å²) in [6, 6.07) is 16.2. The number of benzene rings is 2. The van der Waals surface area contributed by atoms with E-state index in [9.17, 15) is 9.59 Å². The van der Waals surface area contributed by atoms with Crippen LogP contribution in [-0.4, -0.2) is 29.3 Å². The average molecular weight is 454 g/mol. The van der Waals surface area contributed by atoms with Crippen molar-refractivity contribution in [3.05, 3.63) is 70.9 Å². The number of nitrogens with one attached hydrogen (secondary N) is 2. The van der Waals surface area contributed by atoms with Crippen LogP contribution in [0.2, 0.25) is 5.02 Å². The van der Waals surface area contributed by atoms with E-state index in [0.717, 1.165) is 19.3 Å². The highest BCUT2D eigenvalue weighted by atomic mass is 35.5. The van der Waals surface area contributed by atoms with Crippen molar-refractivity contribution in [2.45, 2.75) is 44.8 Å². The van der Waals surface area contributed by atoms with Gasteiger partial charge in [-0.05, 0) is 44.4 Å². The van der Waals surface area contributed by atoms with Gasteiger partial charge in [0.2, 0.25) is 0 Å². The van der Waals surface area contributed by atoms with E-state index in [-0.39, 0.29) is 18.1 Å². The molecule has 4 rings (SSSR count). The second-order valence-electron chi connectivity index (χ2n) is 7.80. The van der Waals surface area contributed by atoms with Gasteiger partial charge in [-0.2, -0.15) is 0 Å². The molecule has 7 nitrogen and oxygen atoms in total. The Labute approximate surface area is 191 Å². The fraction of sp³-hybridized carbons (Fsp3) is 0.292. The summed E-state index contributed by atoms with van der Waals surface area (Å²) < 4.78 is 10.9. The van der Waals surface area contributed by atoms with Crippen molar-refractivity contribution in [1.82, 2.24) is 10.5 Å². The van der Waals surface area contributed by atoms with Crippen molar-refractivity contribution >= 4 is 29.3 Å². The van der Waals surface area contributed by atoms with Crippen LogP contribution < -0.4 is 10.6 Å². The summed E-state index contributed by atoms with van der Waals surface area (Å²) in [4.78, 5) is 25.3. The molecular weight excluding hydrogens is 430 g/mol. The zero-order valence-corrected chi connectivity index (χ0v) is 18.4. The highest BCUT2D eigenvalue weighted by Crippen LogP contribution is 2.31. The molecule has 0 aliphatic heterocycles. The quantitative estimate of drug-likeness (QED) is 0.525. The van der Waals surface area contributed by atoms with Gasteiger partial charge in [-0.25, -0.2) is 4.79 Å². The molecule has 2 amide bonds. The number of para-hydroxylation sites is 1. The molecule has 3 aromatic rings. The average Bonchev–Trinajstić information content (AvgIpc) is 3.16. The van der Waals surface area contributed by atoms with Crippen molar-refractivity contribution in [3.8, 4) is 11.3 Å². The predicted molar refractivity (Wildman–Crippen MR) is 122 cm³/mol.